The van der Waals surface area contributed by atoms with E-state index in [1.165, 1.54) is 68.3 Å². The summed E-state index contributed by atoms with van der Waals surface area (Å²) in [6.45, 7) is 6.88. The molecule has 1 aliphatic carbocycles. The largest absolute Gasteiger partial charge is 0.322 e. The van der Waals surface area contributed by atoms with Crippen LogP contribution in [0.4, 0.5) is 0 Å². The Balaban J connectivity index is 1.96. The molecular weight excluding hydrogens is 244 g/mol. The third-order valence-electron chi connectivity index (χ3n) is 5.55. The van der Waals surface area contributed by atoms with E-state index in [-0.39, 0.29) is 11.6 Å². The SMILES string of the molecule is Cc1ccc(C)c(C(N)C2(N3CCCC3)CCCC2)c1. The Morgan fingerprint density at radius 3 is 2.35 bits per heavy atom. The third-order valence-corrected chi connectivity index (χ3v) is 5.55. The number of hydrogen-bond donors (Lipinski definition) is 1. The van der Waals surface area contributed by atoms with Crippen LogP contribution in [0.2, 0.25) is 0 Å². The Labute approximate surface area is 123 Å². The summed E-state index contributed by atoms with van der Waals surface area (Å²) >= 11 is 0. The van der Waals surface area contributed by atoms with Crippen LogP contribution in [0.1, 0.15) is 61.3 Å². The molecule has 1 atom stereocenters. The first-order valence-corrected chi connectivity index (χ1v) is 8.21. The highest BCUT2D eigenvalue weighted by Crippen LogP contribution is 2.45. The number of rotatable bonds is 3. The maximum Gasteiger partial charge on any atom is 0.0484 e. The van der Waals surface area contributed by atoms with Gasteiger partial charge in [0.25, 0.3) is 0 Å². The average molecular weight is 272 g/mol. The molecule has 2 aliphatic rings. The molecule has 2 heteroatoms. The van der Waals surface area contributed by atoms with E-state index in [0.717, 1.165) is 0 Å². The van der Waals surface area contributed by atoms with Crippen molar-refractivity contribution in [2.24, 2.45) is 5.73 Å². The number of benzene rings is 1. The average Bonchev–Trinajstić information content (AvgIpc) is 3.11. The minimum absolute atomic E-state index is 0.169. The second kappa shape index (κ2) is 5.50. The van der Waals surface area contributed by atoms with E-state index < -0.39 is 0 Å². The quantitative estimate of drug-likeness (QED) is 0.909. The molecule has 1 saturated carbocycles. The van der Waals surface area contributed by atoms with E-state index in [0.29, 0.717) is 0 Å². The standard InChI is InChI=1S/C18H28N2/c1-14-7-8-15(2)16(13-14)17(19)18(9-3-4-10-18)20-11-5-6-12-20/h7-8,13,17H,3-6,9-12,19H2,1-2H3. The first-order chi connectivity index (χ1) is 9.63. The highest BCUT2D eigenvalue weighted by atomic mass is 15.2. The summed E-state index contributed by atoms with van der Waals surface area (Å²) in [4.78, 5) is 2.71. The Morgan fingerprint density at radius 1 is 1.05 bits per heavy atom. The molecule has 0 spiro atoms. The summed E-state index contributed by atoms with van der Waals surface area (Å²) in [6.07, 6.45) is 7.94. The minimum atomic E-state index is 0.169. The predicted octanol–water partition coefficient (Wildman–Crippen LogP) is 3.71. The molecule has 0 aromatic heterocycles. The van der Waals surface area contributed by atoms with Crippen LogP contribution >= 0.6 is 0 Å². The fraction of sp³-hybridized carbons (Fsp3) is 0.667. The predicted molar refractivity (Wildman–Crippen MR) is 84.9 cm³/mol. The summed E-state index contributed by atoms with van der Waals surface area (Å²) in [5, 5.41) is 0. The van der Waals surface area contributed by atoms with E-state index in [2.05, 4.69) is 36.9 Å². The number of aryl methyl sites for hydroxylation is 2. The molecule has 1 unspecified atom stereocenters. The lowest BCUT2D eigenvalue weighted by molar-refractivity contribution is 0.0919. The van der Waals surface area contributed by atoms with Crippen molar-refractivity contribution in [3.05, 3.63) is 34.9 Å². The lowest BCUT2D eigenvalue weighted by atomic mass is 9.81. The number of hydrogen-bond acceptors (Lipinski definition) is 2. The molecule has 110 valence electrons. The number of nitrogens with two attached hydrogens (primary N) is 1. The molecule has 1 aromatic carbocycles. The molecule has 1 aliphatic heterocycles. The fourth-order valence-electron chi connectivity index (χ4n) is 4.36. The molecule has 2 nitrogen and oxygen atoms in total. The van der Waals surface area contributed by atoms with Crippen LogP contribution in [0.3, 0.4) is 0 Å². The van der Waals surface area contributed by atoms with E-state index in [1.54, 1.807) is 0 Å². The summed E-state index contributed by atoms with van der Waals surface area (Å²) in [7, 11) is 0. The van der Waals surface area contributed by atoms with Gasteiger partial charge < -0.3 is 5.73 Å². The van der Waals surface area contributed by atoms with Crippen molar-refractivity contribution in [3.8, 4) is 0 Å². The molecule has 0 radical (unpaired) electrons. The summed E-state index contributed by atoms with van der Waals surface area (Å²) < 4.78 is 0. The molecule has 0 bridgehead atoms. The van der Waals surface area contributed by atoms with Crippen LogP contribution in [0.15, 0.2) is 18.2 Å². The molecule has 1 saturated heterocycles. The van der Waals surface area contributed by atoms with Gasteiger partial charge in [-0.05, 0) is 63.7 Å². The first-order valence-electron chi connectivity index (χ1n) is 8.21. The molecular formula is C18H28N2. The van der Waals surface area contributed by atoms with Gasteiger partial charge in [0.2, 0.25) is 0 Å². The second-order valence-electron chi connectivity index (χ2n) is 6.84. The Morgan fingerprint density at radius 2 is 1.70 bits per heavy atom. The van der Waals surface area contributed by atoms with Crippen molar-refractivity contribution < 1.29 is 0 Å². The molecule has 1 aromatic rings. The normalized spacial score (nSPS) is 24.1. The van der Waals surface area contributed by atoms with E-state index in [1.807, 2.05) is 0 Å². The van der Waals surface area contributed by atoms with E-state index in [4.69, 9.17) is 5.73 Å². The van der Waals surface area contributed by atoms with Gasteiger partial charge in [-0.15, -0.1) is 0 Å². The zero-order valence-corrected chi connectivity index (χ0v) is 13.0. The first kappa shape index (κ1) is 14.1. The fourth-order valence-corrected chi connectivity index (χ4v) is 4.36. The van der Waals surface area contributed by atoms with Crippen LogP contribution in [0, 0.1) is 13.8 Å². The highest BCUT2D eigenvalue weighted by molar-refractivity contribution is 5.35. The van der Waals surface area contributed by atoms with Gasteiger partial charge >= 0.3 is 0 Å². The zero-order valence-electron chi connectivity index (χ0n) is 13.0. The van der Waals surface area contributed by atoms with Crippen LogP contribution in [0.5, 0.6) is 0 Å². The lowest BCUT2D eigenvalue weighted by Crippen LogP contribution is -2.52. The Bertz CT molecular complexity index is 468. The Kier molecular flexibility index (Phi) is 3.87. The third kappa shape index (κ3) is 2.29. The van der Waals surface area contributed by atoms with E-state index in [9.17, 15) is 0 Å². The van der Waals surface area contributed by atoms with Crippen LogP contribution in [-0.4, -0.2) is 23.5 Å². The Hall–Kier alpha value is -0.860. The topological polar surface area (TPSA) is 29.3 Å². The van der Waals surface area contributed by atoms with Crippen LogP contribution in [0.25, 0.3) is 0 Å². The van der Waals surface area contributed by atoms with E-state index >= 15 is 0 Å². The molecule has 1 heterocycles. The highest BCUT2D eigenvalue weighted by Gasteiger charge is 2.45. The van der Waals surface area contributed by atoms with Gasteiger partial charge in [-0.25, -0.2) is 0 Å². The van der Waals surface area contributed by atoms with Gasteiger partial charge in [-0.1, -0.05) is 36.6 Å². The smallest absolute Gasteiger partial charge is 0.0484 e. The van der Waals surface area contributed by atoms with Crippen molar-refractivity contribution in [3.63, 3.8) is 0 Å². The monoisotopic (exact) mass is 272 g/mol. The molecule has 20 heavy (non-hydrogen) atoms. The minimum Gasteiger partial charge on any atom is -0.322 e. The van der Waals surface area contributed by atoms with Gasteiger partial charge in [0, 0.05) is 11.6 Å². The summed E-state index contributed by atoms with van der Waals surface area (Å²) in [5.41, 5.74) is 11.1. The lowest BCUT2D eigenvalue weighted by Gasteiger charge is -2.44. The van der Waals surface area contributed by atoms with Crippen molar-refractivity contribution in [1.29, 1.82) is 0 Å². The molecule has 2 fully saturated rings. The molecule has 0 amide bonds. The van der Waals surface area contributed by atoms with Gasteiger partial charge in [-0.3, -0.25) is 4.90 Å². The van der Waals surface area contributed by atoms with Crippen molar-refractivity contribution in [2.45, 2.75) is 64.0 Å². The van der Waals surface area contributed by atoms with Crippen LogP contribution < -0.4 is 5.73 Å². The maximum atomic E-state index is 6.84. The van der Waals surface area contributed by atoms with Gasteiger partial charge in [-0.2, -0.15) is 0 Å². The van der Waals surface area contributed by atoms with Crippen molar-refractivity contribution >= 4 is 0 Å². The summed E-state index contributed by atoms with van der Waals surface area (Å²) in [6, 6.07) is 6.92. The van der Waals surface area contributed by atoms with Gasteiger partial charge in [0.1, 0.15) is 0 Å². The van der Waals surface area contributed by atoms with Crippen molar-refractivity contribution in [2.75, 3.05) is 13.1 Å². The number of nitrogens with zero attached hydrogens (tertiary/aromatic N) is 1. The maximum absolute atomic E-state index is 6.84. The second-order valence-corrected chi connectivity index (χ2v) is 6.84. The zero-order chi connectivity index (χ0) is 14.2. The molecule has 3 rings (SSSR count). The number of likely N-dealkylation sites (tertiary alicyclic amines) is 1. The van der Waals surface area contributed by atoms with Crippen LogP contribution in [-0.2, 0) is 0 Å². The van der Waals surface area contributed by atoms with Crippen molar-refractivity contribution in [1.82, 2.24) is 4.90 Å². The summed E-state index contributed by atoms with van der Waals surface area (Å²) in [5.74, 6) is 0. The van der Waals surface area contributed by atoms with Gasteiger partial charge in [0.15, 0.2) is 0 Å². The molecule has 2 N–H and O–H groups in total. The van der Waals surface area contributed by atoms with Gasteiger partial charge in [0.05, 0.1) is 0 Å².